The quantitative estimate of drug-likeness (QED) is 0.506. The number of hydroxylamine groups is 1. The molecular weight excluding hydrogens is 264 g/mol. The van der Waals surface area contributed by atoms with Gasteiger partial charge in [0.25, 0.3) is 5.91 Å². The van der Waals surface area contributed by atoms with Gasteiger partial charge in [0.15, 0.2) is 0 Å². The van der Waals surface area contributed by atoms with Gasteiger partial charge in [-0.1, -0.05) is 18.2 Å². The molecule has 2 N–H and O–H groups in total. The molecule has 2 rings (SSSR count). The van der Waals surface area contributed by atoms with Crippen molar-refractivity contribution in [3.05, 3.63) is 63.4 Å². The first-order valence-corrected chi connectivity index (χ1v) is 5.57. The van der Waals surface area contributed by atoms with Crippen LogP contribution in [0.25, 0.3) is 12.2 Å². The first kappa shape index (κ1) is 13.5. The fraction of sp³-hybridized carbons (Fsp3) is 0. The average molecular weight is 274 g/mol. The van der Waals surface area contributed by atoms with E-state index >= 15 is 0 Å². The summed E-state index contributed by atoms with van der Waals surface area (Å²) < 4.78 is 4.96. The van der Waals surface area contributed by atoms with Crippen LogP contribution >= 0.6 is 0 Å². The van der Waals surface area contributed by atoms with Crippen LogP contribution in [-0.2, 0) is 0 Å². The van der Waals surface area contributed by atoms with Crippen LogP contribution in [0.15, 0.2) is 40.8 Å². The van der Waals surface area contributed by atoms with E-state index in [2.05, 4.69) is 0 Å². The molecule has 0 bridgehead atoms. The highest BCUT2D eigenvalue weighted by Crippen LogP contribution is 2.18. The molecule has 0 aliphatic rings. The standard InChI is InChI=1S/C13H10N2O5/c16-13(14-17)10-4-1-9(2-5-10)3-6-11-7-8-12(20-11)15(18)19/h1-8,17H,(H,14,16). The smallest absolute Gasteiger partial charge is 0.401 e. The molecule has 20 heavy (non-hydrogen) atoms. The van der Waals surface area contributed by atoms with Gasteiger partial charge in [-0.15, -0.1) is 0 Å². The zero-order valence-electron chi connectivity index (χ0n) is 10.1. The third-order valence-electron chi connectivity index (χ3n) is 2.51. The number of hydrogen-bond acceptors (Lipinski definition) is 5. The number of nitro groups is 1. The van der Waals surface area contributed by atoms with Gasteiger partial charge in [-0.3, -0.25) is 20.1 Å². The lowest BCUT2D eigenvalue weighted by Gasteiger charge is -1.98. The highest BCUT2D eigenvalue weighted by atomic mass is 16.6. The zero-order valence-corrected chi connectivity index (χ0v) is 10.1. The molecule has 0 aliphatic heterocycles. The molecule has 0 fully saturated rings. The van der Waals surface area contributed by atoms with Crippen LogP contribution in [-0.4, -0.2) is 16.0 Å². The number of carbonyl (C=O) groups excluding carboxylic acids is 1. The Morgan fingerprint density at radius 2 is 1.90 bits per heavy atom. The molecule has 0 atom stereocenters. The minimum atomic E-state index is -0.611. The predicted octanol–water partition coefficient (Wildman–Crippen LogP) is 2.48. The SMILES string of the molecule is O=C(NO)c1ccc(C=Cc2ccc([N+](=O)[O-])o2)cc1. The number of carbonyl (C=O) groups is 1. The topological polar surface area (TPSA) is 106 Å². The molecule has 2 aromatic rings. The summed E-state index contributed by atoms with van der Waals surface area (Å²) in [5, 5.41) is 18.9. The number of benzene rings is 1. The number of rotatable bonds is 4. The summed E-state index contributed by atoms with van der Waals surface area (Å²) in [7, 11) is 0. The summed E-state index contributed by atoms with van der Waals surface area (Å²) in [6.45, 7) is 0. The second kappa shape index (κ2) is 5.81. The molecule has 1 amide bonds. The lowest BCUT2D eigenvalue weighted by Crippen LogP contribution is -2.18. The van der Waals surface area contributed by atoms with Crippen LogP contribution in [0.4, 0.5) is 5.88 Å². The fourth-order valence-electron chi connectivity index (χ4n) is 1.52. The minimum Gasteiger partial charge on any atom is -0.401 e. The molecule has 0 unspecified atom stereocenters. The van der Waals surface area contributed by atoms with Crippen LogP contribution < -0.4 is 5.48 Å². The van der Waals surface area contributed by atoms with Gasteiger partial charge in [-0.25, -0.2) is 5.48 Å². The molecule has 7 nitrogen and oxygen atoms in total. The molecule has 1 heterocycles. The molecule has 1 aromatic carbocycles. The van der Waals surface area contributed by atoms with Crippen LogP contribution in [0.1, 0.15) is 21.7 Å². The van der Waals surface area contributed by atoms with Crippen LogP contribution in [0.5, 0.6) is 0 Å². The molecular formula is C13H10N2O5. The van der Waals surface area contributed by atoms with Crippen molar-refractivity contribution in [2.24, 2.45) is 0 Å². The zero-order chi connectivity index (χ0) is 14.5. The van der Waals surface area contributed by atoms with Crippen molar-refractivity contribution in [1.82, 2.24) is 5.48 Å². The Morgan fingerprint density at radius 1 is 1.20 bits per heavy atom. The summed E-state index contributed by atoms with van der Waals surface area (Å²) in [6.07, 6.45) is 3.26. The molecule has 0 saturated heterocycles. The molecule has 0 spiro atoms. The van der Waals surface area contributed by atoms with E-state index in [0.29, 0.717) is 11.3 Å². The van der Waals surface area contributed by atoms with E-state index in [9.17, 15) is 14.9 Å². The number of amides is 1. The molecule has 1 aromatic heterocycles. The Bertz CT molecular complexity index is 658. The minimum absolute atomic E-state index is 0.318. The van der Waals surface area contributed by atoms with Gasteiger partial charge < -0.3 is 4.42 Å². The number of nitrogens with zero attached hydrogens (tertiary/aromatic N) is 1. The maximum Gasteiger partial charge on any atom is 0.433 e. The lowest BCUT2D eigenvalue weighted by atomic mass is 10.1. The van der Waals surface area contributed by atoms with E-state index in [1.807, 2.05) is 0 Å². The van der Waals surface area contributed by atoms with Crippen molar-refractivity contribution in [3.63, 3.8) is 0 Å². The van der Waals surface area contributed by atoms with E-state index in [1.165, 1.54) is 29.7 Å². The molecule has 0 saturated carbocycles. The maximum atomic E-state index is 11.1. The van der Waals surface area contributed by atoms with E-state index in [-0.39, 0.29) is 5.88 Å². The lowest BCUT2D eigenvalue weighted by molar-refractivity contribution is -0.402. The number of furan rings is 1. The van der Waals surface area contributed by atoms with E-state index in [4.69, 9.17) is 9.62 Å². The van der Waals surface area contributed by atoms with E-state index in [0.717, 1.165) is 5.56 Å². The van der Waals surface area contributed by atoms with Gasteiger partial charge in [0.1, 0.15) is 10.7 Å². The predicted molar refractivity (Wildman–Crippen MR) is 70.0 cm³/mol. The van der Waals surface area contributed by atoms with Crippen molar-refractivity contribution in [2.75, 3.05) is 0 Å². The maximum absolute atomic E-state index is 11.1. The first-order chi connectivity index (χ1) is 9.60. The third-order valence-corrected chi connectivity index (χ3v) is 2.51. The van der Waals surface area contributed by atoms with Gasteiger partial charge in [0, 0.05) is 5.56 Å². The Hall–Kier alpha value is -2.93. The molecule has 7 heteroatoms. The summed E-state index contributed by atoms with van der Waals surface area (Å²) in [5.41, 5.74) is 2.63. The van der Waals surface area contributed by atoms with Gasteiger partial charge in [-0.05, 0) is 29.8 Å². The highest BCUT2D eigenvalue weighted by molar-refractivity contribution is 5.93. The number of nitrogens with one attached hydrogen (secondary N) is 1. The van der Waals surface area contributed by atoms with Crippen molar-refractivity contribution >= 4 is 23.9 Å². The average Bonchev–Trinajstić information content (AvgIpc) is 2.94. The molecule has 0 aliphatic carbocycles. The monoisotopic (exact) mass is 274 g/mol. The first-order valence-electron chi connectivity index (χ1n) is 5.57. The van der Waals surface area contributed by atoms with E-state index < -0.39 is 10.8 Å². The largest absolute Gasteiger partial charge is 0.433 e. The highest BCUT2D eigenvalue weighted by Gasteiger charge is 2.09. The van der Waals surface area contributed by atoms with Gasteiger partial charge >= 0.3 is 5.88 Å². The molecule has 0 radical (unpaired) electrons. The normalized spacial score (nSPS) is 10.7. The Kier molecular flexibility index (Phi) is 3.92. The summed E-state index contributed by atoms with van der Waals surface area (Å²) in [5.74, 6) is -0.560. The Morgan fingerprint density at radius 3 is 2.45 bits per heavy atom. The third kappa shape index (κ3) is 3.09. The number of hydrogen-bond donors (Lipinski definition) is 2. The summed E-state index contributed by atoms with van der Waals surface area (Å²) in [4.78, 5) is 20.9. The second-order valence-electron chi connectivity index (χ2n) is 3.83. The Labute approximate surface area is 113 Å². The van der Waals surface area contributed by atoms with Crippen molar-refractivity contribution in [2.45, 2.75) is 0 Å². The van der Waals surface area contributed by atoms with Gasteiger partial charge in [0.2, 0.25) is 0 Å². The van der Waals surface area contributed by atoms with E-state index in [1.54, 1.807) is 24.3 Å². The second-order valence-corrected chi connectivity index (χ2v) is 3.83. The van der Waals surface area contributed by atoms with Gasteiger partial charge in [0.05, 0.1) is 6.07 Å². The summed E-state index contributed by atoms with van der Waals surface area (Å²) >= 11 is 0. The van der Waals surface area contributed by atoms with Crippen LogP contribution in [0.3, 0.4) is 0 Å². The fourth-order valence-corrected chi connectivity index (χ4v) is 1.52. The van der Waals surface area contributed by atoms with Gasteiger partial charge in [-0.2, -0.15) is 0 Å². The van der Waals surface area contributed by atoms with Crippen molar-refractivity contribution in [1.29, 1.82) is 0 Å². The summed E-state index contributed by atoms with van der Waals surface area (Å²) in [6, 6.07) is 9.17. The van der Waals surface area contributed by atoms with Crippen LogP contribution in [0, 0.1) is 10.1 Å². The van der Waals surface area contributed by atoms with Crippen molar-refractivity contribution < 1.29 is 19.3 Å². The van der Waals surface area contributed by atoms with Crippen molar-refractivity contribution in [3.8, 4) is 0 Å². The van der Waals surface area contributed by atoms with Crippen LogP contribution in [0.2, 0.25) is 0 Å². The molecule has 102 valence electrons. The Balaban J connectivity index is 2.10.